The average Bonchev–Trinajstić information content (AvgIpc) is 2.86. The lowest BCUT2D eigenvalue weighted by molar-refractivity contribution is -0.151. The maximum atomic E-state index is 12.5. The van der Waals surface area contributed by atoms with Crippen LogP contribution in [0.15, 0.2) is 0 Å². The first-order valence-corrected chi connectivity index (χ1v) is 7.19. The zero-order chi connectivity index (χ0) is 14.3. The number of esters is 1. The second-order valence-electron chi connectivity index (χ2n) is 4.78. The molecule has 0 bridgehead atoms. The van der Waals surface area contributed by atoms with Crippen molar-refractivity contribution < 1.29 is 19.1 Å². The summed E-state index contributed by atoms with van der Waals surface area (Å²) in [6.07, 6.45) is 2.40. The largest absolute Gasteiger partial charge is 0.465 e. The van der Waals surface area contributed by atoms with Crippen LogP contribution in [-0.2, 0) is 19.1 Å². The Bertz CT molecular complexity index is 306. The topological polar surface area (TPSA) is 55.8 Å². The van der Waals surface area contributed by atoms with Gasteiger partial charge in [-0.3, -0.25) is 9.59 Å². The van der Waals surface area contributed by atoms with E-state index < -0.39 is 0 Å². The fraction of sp³-hybridized carbons (Fsp3) is 0.857. The van der Waals surface area contributed by atoms with Crippen LogP contribution < -0.4 is 0 Å². The Kier molecular flexibility index (Phi) is 6.84. The summed E-state index contributed by atoms with van der Waals surface area (Å²) in [6, 6.07) is 0. The molecule has 5 heteroatoms. The molecule has 0 spiro atoms. The molecule has 1 aliphatic heterocycles. The molecule has 0 radical (unpaired) electrons. The Hall–Kier alpha value is -1.10. The Morgan fingerprint density at radius 1 is 1.32 bits per heavy atom. The van der Waals surface area contributed by atoms with Crippen LogP contribution in [0.2, 0.25) is 0 Å². The monoisotopic (exact) mass is 271 g/mol. The van der Waals surface area contributed by atoms with Crippen LogP contribution in [0.1, 0.15) is 40.0 Å². The summed E-state index contributed by atoms with van der Waals surface area (Å²) in [4.78, 5) is 25.6. The molecule has 0 aliphatic carbocycles. The summed E-state index contributed by atoms with van der Waals surface area (Å²) in [7, 11) is 0. The minimum absolute atomic E-state index is 0.00551. The van der Waals surface area contributed by atoms with E-state index in [1.54, 1.807) is 11.8 Å². The average molecular weight is 271 g/mol. The van der Waals surface area contributed by atoms with Gasteiger partial charge < -0.3 is 14.4 Å². The molecule has 1 saturated heterocycles. The number of ether oxygens (including phenoxy) is 2. The molecule has 0 N–H and O–H groups in total. The van der Waals surface area contributed by atoms with Crippen molar-refractivity contribution in [1.82, 2.24) is 4.90 Å². The standard InChI is InChI=1S/C14H25NO4/c1-4-8-15(10-13(16)18-6-3)14(17)11-7-9-19-12(11)5-2/h11-12H,4-10H2,1-3H3. The molecule has 1 fully saturated rings. The smallest absolute Gasteiger partial charge is 0.325 e. The van der Waals surface area contributed by atoms with E-state index in [2.05, 4.69) is 0 Å². The van der Waals surface area contributed by atoms with Crippen LogP contribution in [-0.4, -0.2) is 49.2 Å². The van der Waals surface area contributed by atoms with Crippen molar-refractivity contribution in [2.45, 2.75) is 46.1 Å². The molecule has 5 nitrogen and oxygen atoms in total. The first-order valence-electron chi connectivity index (χ1n) is 7.19. The normalized spacial score (nSPS) is 22.3. The number of carbonyl (C=O) groups is 2. The molecule has 110 valence electrons. The first-order chi connectivity index (χ1) is 9.13. The van der Waals surface area contributed by atoms with E-state index in [-0.39, 0.29) is 30.4 Å². The van der Waals surface area contributed by atoms with E-state index in [0.29, 0.717) is 19.8 Å². The number of rotatable bonds is 7. The van der Waals surface area contributed by atoms with Crippen molar-refractivity contribution in [1.29, 1.82) is 0 Å². The fourth-order valence-corrected chi connectivity index (χ4v) is 2.47. The Morgan fingerprint density at radius 2 is 2.05 bits per heavy atom. The third kappa shape index (κ3) is 4.49. The van der Waals surface area contributed by atoms with Gasteiger partial charge in [-0.2, -0.15) is 0 Å². The second kappa shape index (κ2) is 8.15. The number of amides is 1. The van der Waals surface area contributed by atoms with E-state index in [1.165, 1.54) is 0 Å². The Balaban J connectivity index is 2.63. The third-order valence-electron chi connectivity index (χ3n) is 3.36. The minimum Gasteiger partial charge on any atom is -0.465 e. The molecular formula is C14H25NO4. The molecule has 0 saturated carbocycles. The van der Waals surface area contributed by atoms with Crippen LogP contribution in [0.3, 0.4) is 0 Å². The molecule has 0 aromatic heterocycles. The summed E-state index contributed by atoms with van der Waals surface area (Å²) in [5.41, 5.74) is 0. The predicted molar refractivity (Wildman–Crippen MR) is 71.6 cm³/mol. The van der Waals surface area contributed by atoms with E-state index in [4.69, 9.17) is 9.47 Å². The summed E-state index contributed by atoms with van der Waals surface area (Å²) < 4.78 is 10.5. The van der Waals surface area contributed by atoms with Crippen LogP contribution in [0.25, 0.3) is 0 Å². The lowest BCUT2D eigenvalue weighted by Crippen LogP contribution is -2.42. The van der Waals surface area contributed by atoms with Gasteiger partial charge in [-0.1, -0.05) is 13.8 Å². The number of hydrogen-bond acceptors (Lipinski definition) is 4. The van der Waals surface area contributed by atoms with Crippen LogP contribution in [0, 0.1) is 5.92 Å². The summed E-state index contributed by atoms with van der Waals surface area (Å²) in [5, 5.41) is 0. The molecule has 2 unspecified atom stereocenters. The fourth-order valence-electron chi connectivity index (χ4n) is 2.47. The van der Waals surface area contributed by atoms with E-state index in [0.717, 1.165) is 19.3 Å². The predicted octanol–water partition coefficient (Wildman–Crippen LogP) is 1.60. The van der Waals surface area contributed by atoms with Gasteiger partial charge in [0.2, 0.25) is 5.91 Å². The van der Waals surface area contributed by atoms with Gasteiger partial charge in [0.1, 0.15) is 6.54 Å². The SMILES string of the molecule is CCCN(CC(=O)OCC)C(=O)C1CCOC1CC. The highest BCUT2D eigenvalue weighted by atomic mass is 16.5. The van der Waals surface area contributed by atoms with Gasteiger partial charge in [0.05, 0.1) is 18.6 Å². The van der Waals surface area contributed by atoms with Crippen LogP contribution >= 0.6 is 0 Å². The second-order valence-corrected chi connectivity index (χ2v) is 4.78. The van der Waals surface area contributed by atoms with Gasteiger partial charge in [0.25, 0.3) is 0 Å². The lowest BCUT2D eigenvalue weighted by atomic mass is 9.98. The highest BCUT2D eigenvalue weighted by Gasteiger charge is 2.35. The zero-order valence-electron chi connectivity index (χ0n) is 12.2. The van der Waals surface area contributed by atoms with Gasteiger partial charge in [-0.25, -0.2) is 0 Å². The van der Waals surface area contributed by atoms with Gasteiger partial charge in [-0.05, 0) is 26.2 Å². The first kappa shape index (κ1) is 16.0. The van der Waals surface area contributed by atoms with Crippen molar-refractivity contribution in [3.63, 3.8) is 0 Å². The summed E-state index contributed by atoms with van der Waals surface area (Å²) in [5.74, 6) is -0.415. The third-order valence-corrected chi connectivity index (χ3v) is 3.36. The maximum absolute atomic E-state index is 12.5. The van der Waals surface area contributed by atoms with E-state index in [1.807, 2.05) is 13.8 Å². The summed E-state index contributed by atoms with van der Waals surface area (Å²) >= 11 is 0. The van der Waals surface area contributed by atoms with Crippen molar-refractivity contribution >= 4 is 11.9 Å². The quantitative estimate of drug-likeness (QED) is 0.660. The molecule has 1 amide bonds. The van der Waals surface area contributed by atoms with E-state index >= 15 is 0 Å². The van der Waals surface area contributed by atoms with Crippen molar-refractivity contribution in [2.75, 3.05) is 26.3 Å². The van der Waals surface area contributed by atoms with Gasteiger partial charge in [-0.15, -0.1) is 0 Å². The van der Waals surface area contributed by atoms with Crippen molar-refractivity contribution in [3.05, 3.63) is 0 Å². The molecular weight excluding hydrogens is 246 g/mol. The van der Waals surface area contributed by atoms with Crippen LogP contribution in [0.5, 0.6) is 0 Å². The van der Waals surface area contributed by atoms with Gasteiger partial charge in [0, 0.05) is 13.2 Å². The number of hydrogen-bond donors (Lipinski definition) is 0. The summed E-state index contributed by atoms with van der Waals surface area (Å²) in [6.45, 7) is 7.39. The van der Waals surface area contributed by atoms with E-state index in [9.17, 15) is 9.59 Å². The minimum atomic E-state index is -0.337. The molecule has 1 aliphatic rings. The van der Waals surface area contributed by atoms with Gasteiger partial charge >= 0.3 is 5.97 Å². The highest BCUT2D eigenvalue weighted by Crippen LogP contribution is 2.25. The zero-order valence-corrected chi connectivity index (χ0v) is 12.2. The Morgan fingerprint density at radius 3 is 2.63 bits per heavy atom. The molecule has 0 aromatic carbocycles. The van der Waals surface area contributed by atoms with Gasteiger partial charge in [0.15, 0.2) is 0 Å². The molecule has 2 atom stereocenters. The van der Waals surface area contributed by atoms with Crippen molar-refractivity contribution in [2.24, 2.45) is 5.92 Å². The highest BCUT2D eigenvalue weighted by molar-refractivity contribution is 5.84. The Labute approximate surface area is 115 Å². The maximum Gasteiger partial charge on any atom is 0.325 e. The molecule has 1 heterocycles. The molecule has 1 rings (SSSR count). The van der Waals surface area contributed by atoms with Crippen molar-refractivity contribution in [3.8, 4) is 0 Å². The van der Waals surface area contributed by atoms with Crippen LogP contribution in [0.4, 0.5) is 0 Å². The number of carbonyl (C=O) groups excluding carboxylic acids is 2. The lowest BCUT2D eigenvalue weighted by Gasteiger charge is -2.26. The molecule has 0 aromatic rings. The number of nitrogens with zero attached hydrogens (tertiary/aromatic N) is 1. The molecule has 19 heavy (non-hydrogen) atoms.